The van der Waals surface area contributed by atoms with Crippen molar-refractivity contribution in [3.63, 3.8) is 0 Å². The Bertz CT molecular complexity index is 1760. The van der Waals surface area contributed by atoms with Gasteiger partial charge in [0.05, 0.1) is 46.7 Å². The predicted molar refractivity (Wildman–Crippen MR) is 150 cm³/mol. The number of imidazole rings is 1. The summed E-state index contributed by atoms with van der Waals surface area (Å²) >= 11 is 4.75. The molecule has 0 aliphatic carbocycles. The Morgan fingerprint density at radius 3 is 2.48 bits per heavy atom. The fourth-order valence-corrected chi connectivity index (χ4v) is 5.13. The number of para-hydroxylation sites is 1. The summed E-state index contributed by atoms with van der Waals surface area (Å²) < 4.78 is 47.7. The number of thiol groups is 1. The van der Waals surface area contributed by atoms with Crippen LogP contribution in [0.15, 0.2) is 59.7 Å². The number of fused-ring (bicyclic) bond motifs is 2. The fraction of sp³-hybridized carbons (Fsp3) is 0.259. The van der Waals surface area contributed by atoms with Crippen molar-refractivity contribution < 1.29 is 17.9 Å². The van der Waals surface area contributed by atoms with Gasteiger partial charge in [0.1, 0.15) is 16.3 Å². The van der Waals surface area contributed by atoms with Crippen molar-refractivity contribution >= 4 is 45.9 Å². The molecule has 40 heavy (non-hydrogen) atoms. The summed E-state index contributed by atoms with van der Waals surface area (Å²) in [6, 6.07) is 11.3. The molecule has 1 saturated heterocycles. The number of aromatic amines is 2. The number of H-pyrrole nitrogens is 2. The maximum Gasteiger partial charge on any atom is 0.418 e. The van der Waals surface area contributed by atoms with Gasteiger partial charge in [-0.15, -0.1) is 12.6 Å². The molecule has 5 aromatic rings. The van der Waals surface area contributed by atoms with Crippen molar-refractivity contribution in [1.82, 2.24) is 24.9 Å². The molecular formula is C27H24F3N7O2S. The molecule has 3 aromatic heterocycles. The highest BCUT2D eigenvalue weighted by Gasteiger charge is 2.36. The summed E-state index contributed by atoms with van der Waals surface area (Å²) in [6.45, 7) is 3.07. The number of hydrogen-bond donors (Lipinski definition) is 4. The molecule has 0 radical (unpaired) electrons. The van der Waals surface area contributed by atoms with Crippen LogP contribution in [0.2, 0.25) is 0 Å². The maximum absolute atomic E-state index is 14.1. The molecule has 3 N–H and O–H groups in total. The standard InChI is InChI=1S/C27H24F3N7O2S/c1-26(40,25-31-7-4-8-32-25)36-22-15-5-2-3-6-17(15)35-24(38)21(22)23-33-18-13-16(27(28,29)30)20(14-19(18)34-23)37-9-11-39-12-10-37/h2-8,13-14,40H,9-12H2,1H3,(H,33,34)(H2,35,36,38). The number of benzene rings is 2. The Hall–Kier alpha value is -4.10. The molecule has 0 saturated carbocycles. The first-order valence-corrected chi connectivity index (χ1v) is 12.9. The zero-order valence-electron chi connectivity index (χ0n) is 21.2. The summed E-state index contributed by atoms with van der Waals surface area (Å²) in [6.07, 6.45) is -1.44. The molecule has 4 heterocycles. The van der Waals surface area contributed by atoms with E-state index in [1.165, 1.54) is 6.07 Å². The number of aromatic nitrogens is 5. The van der Waals surface area contributed by atoms with Gasteiger partial charge in [-0.1, -0.05) is 18.2 Å². The van der Waals surface area contributed by atoms with Crippen LogP contribution >= 0.6 is 12.6 Å². The molecular weight excluding hydrogens is 543 g/mol. The second-order valence-electron chi connectivity index (χ2n) is 9.59. The van der Waals surface area contributed by atoms with Crippen LogP contribution in [0.4, 0.5) is 24.5 Å². The molecule has 206 valence electrons. The number of ether oxygens (including phenoxy) is 1. The number of nitrogens with one attached hydrogen (secondary N) is 3. The molecule has 0 bridgehead atoms. The number of anilines is 2. The minimum absolute atomic E-state index is 0.0356. The molecule has 9 nitrogen and oxygen atoms in total. The number of alkyl halides is 3. The Kier molecular flexibility index (Phi) is 6.42. The van der Waals surface area contributed by atoms with Crippen molar-refractivity contribution in [2.75, 3.05) is 36.5 Å². The quantitative estimate of drug-likeness (QED) is 0.176. The van der Waals surface area contributed by atoms with Crippen molar-refractivity contribution in [2.45, 2.75) is 18.0 Å². The van der Waals surface area contributed by atoms with Crippen LogP contribution in [-0.2, 0) is 15.8 Å². The highest BCUT2D eigenvalue weighted by molar-refractivity contribution is 7.81. The van der Waals surface area contributed by atoms with Gasteiger partial charge >= 0.3 is 6.18 Å². The zero-order chi connectivity index (χ0) is 28.1. The van der Waals surface area contributed by atoms with Crippen molar-refractivity contribution in [1.29, 1.82) is 0 Å². The first kappa shape index (κ1) is 26.1. The molecule has 0 spiro atoms. The first-order chi connectivity index (χ1) is 19.1. The van der Waals surface area contributed by atoms with E-state index in [1.807, 2.05) is 12.1 Å². The van der Waals surface area contributed by atoms with E-state index in [2.05, 4.69) is 30.2 Å². The van der Waals surface area contributed by atoms with E-state index >= 15 is 0 Å². The average molecular weight is 568 g/mol. The van der Waals surface area contributed by atoms with E-state index < -0.39 is 22.2 Å². The Morgan fingerprint density at radius 2 is 1.75 bits per heavy atom. The van der Waals surface area contributed by atoms with Gasteiger partial charge in [0.25, 0.3) is 5.56 Å². The van der Waals surface area contributed by atoms with E-state index in [1.54, 1.807) is 42.4 Å². The van der Waals surface area contributed by atoms with Crippen LogP contribution in [0.1, 0.15) is 18.3 Å². The first-order valence-electron chi connectivity index (χ1n) is 12.5. The molecule has 1 aliphatic heterocycles. The van der Waals surface area contributed by atoms with Gasteiger partial charge in [-0.2, -0.15) is 13.2 Å². The van der Waals surface area contributed by atoms with Crippen molar-refractivity contribution in [3.8, 4) is 11.4 Å². The summed E-state index contributed by atoms with van der Waals surface area (Å²) in [5.74, 6) is 0.470. The van der Waals surface area contributed by atoms with Crippen molar-refractivity contribution in [3.05, 3.63) is 76.6 Å². The summed E-state index contributed by atoms with van der Waals surface area (Å²) in [4.78, 5) is 33.0. The molecule has 1 atom stereocenters. The van der Waals surface area contributed by atoms with Crippen LogP contribution in [0.3, 0.4) is 0 Å². The van der Waals surface area contributed by atoms with Crippen LogP contribution in [0.5, 0.6) is 0 Å². The Morgan fingerprint density at radius 1 is 1.02 bits per heavy atom. The van der Waals surface area contributed by atoms with E-state index in [0.717, 1.165) is 6.07 Å². The lowest BCUT2D eigenvalue weighted by Crippen LogP contribution is -2.37. The molecule has 13 heteroatoms. The van der Waals surface area contributed by atoms with E-state index in [-0.39, 0.29) is 22.6 Å². The predicted octanol–water partition coefficient (Wildman–Crippen LogP) is 4.93. The van der Waals surface area contributed by atoms with E-state index in [0.29, 0.717) is 54.2 Å². The third-order valence-electron chi connectivity index (χ3n) is 6.78. The minimum Gasteiger partial charge on any atom is -0.378 e. The topological polar surface area (TPSA) is 112 Å². The van der Waals surface area contributed by atoms with Gasteiger partial charge in [-0.05, 0) is 31.2 Å². The molecule has 0 amide bonds. The second-order valence-corrected chi connectivity index (χ2v) is 10.5. The number of nitrogens with zero attached hydrogens (tertiary/aromatic N) is 4. The number of halogens is 3. The summed E-state index contributed by atoms with van der Waals surface area (Å²) in [5.41, 5.74) is 0.259. The van der Waals surface area contributed by atoms with Gasteiger partial charge < -0.3 is 24.9 Å². The van der Waals surface area contributed by atoms with Gasteiger partial charge in [0.2, 0.25) is 0 Å². The molecule has 6 rings (SSSR count). The molecule has 1 aliphatic rings. The highest BCUT2D eigenvalue weighted by Crippen LogP contribution is 2.41. The van der Waals surface area contributed by atoms with E-state index in [9.17, 15) is 18.0 Å². The highest BCUT2D eigenvalue weighted by atomic mass is 32.1. The smallest absolute Gasteiger partial charge is 0.378 e. The summed E-state index contributed by atoms with van der Waals surface area (Å²) in [5, 5.41) is 3.94. The number of rotatable bonds is 5. The molecule has 2 aromatic carbocycles. The Labute approximate surface area is 231 Å². The third kappa shape index (κ3) is 4.75. The lowest BCUT2D eigenvalue weighted by molar-refractivity contribution is -0.137. The lowest BCUT2D eigenvalue weighted by atomic mass is 10.1. The third-order valence-corrected chi connectivity index (χ3v) is 7.10. The van der Waals surface area contributed by atoms with Crippen LogP contribution in [0, 0.1) is 0 Å². The number of hydrogen-bond acceptors (Lipinski definition) is 8. The second kappa shape index (κ2) is 9.82. The van der Waals surface area contributed by atoms with Gasteiger partial charge in [0, 0.05) is 30.9 Å². The number of morpholine rings is 1. The Balaban J connectivity index is 1.55. The van der Waals surface area contributed by atoms with Gasteiger partial charge in [0.15, 0.2) is 5.82 Å². The molecule has 1 unspecified atom stereocenters. The SMILES string of the molecule is CC(S)(Nc1c(-c2nc3cc(C(F)(F)F)c(N4CCOCC4)cc3[nH]2)c(=O)[nH]c2ccccc12)c1ncccn1. The summed E-state index contributed by atoms with van der Waals surface area (Å²) in [7, 11) is 0. The zero-order valence-corrected chi connectivity index (χ0v) is 22.1. The van der Waals surface area contributed by atoms with Gasteiger partial charge in [-0.25, -0.2) is 15.0 Å². The maximum atomic E-state index is 14.1. The van der Waals surface area contributed by atoms with Crippen LogP contribution in [-0.4, -0.2) is 51.2 Å². The van der Waals surface area contributed by atoms with Gasteiger partial charge in [-0.3, -0.25) is 4.79 Å². The van der Waals surface area contributed by atoms with Crippen LogP contribution in [0.25, 0.3) is 33.3 Å². The van der Waals surface area contributed by atoms with Crippen LogP contribution < -0.4 is 15.8 Å². The monoisotopic (exact) mass is 567 g/mol. The average Bonchev–Trinajstić information content (AvgIpc) is 3.35. The minimum atomic E-state index is -4.60. The van der Waals surface area contributed by atoms with Crippen molar-refractivity contribution in [2.24, 2.45) is 0 Å². The van der Waals surface area contributed by atoms with E-state index in [4.69, 9.17) is 17.4 Å². The normalized spacial score (nSPS) is 15.9. The molecule has 1 fully saturated rings. The lowest BCUT2D eigenvalue weighted by Gasteiger charge is -2.31. The number of pyridine rings is 1. The largest absolute Gasteiger partial charge is 0.418 e. The fourth-order valence-electron chi connectivity index (χ4n) is 4.91.